The summed E-state index contributed by atoms with van der Waals surface area (Å²) in [5.41, 5.74) is 7.57. The molecule has 86 valence electrons. The molecule has 2 N–H and O–H groups in total. The lowest BCUT2D eigenvalue weighted by Crippen LogP contribution is -2.41. The topological polar surface area (TPSA) is 41.1 Å². The van der Waals surface area contributed by atoms with Crippen LogP contribution >= 0.6 is 0 Å². The summed E-state index contributed by atoms with van der Waals surface area (Å²) in [6.45, 7) is 2.13. The van der Waals surface area contributed by atoms with Crippen molar-refractivity contribution in [1.29, 1.82) is 0 Å². The molecule has 0 unspecified atom stereocenters. The van der Waals surface area contributed by atoms with Gasteiger partial charge in [-0.05, 0) is 30.4 Å². The minimum absolute atomic E-state index is 0.0826. The first kappa shape index (κ1) is 11.1. The molecule has 0 bridgehead atoms. The number of carbonyl (C=O) groups excluding carboxylic acids is 1. The van der Waals surface area contributed by atoms with Crippen LogP contribution in [0.2, 0.25) is 0 Å². The molecule has 3 nitrogen and oxygen atoms in total. The Labute approximate surface area is 96.2 Å². The Morgan fingerprint density at radius 1 is 1.31 bits per heavy atom. The third-order valence-electron chi connectivity index (χ3n) is 3.34. The highest BCUT2D eigenvalue weighted by molar-refractivity contribution is 5.90. The van der Waals surface area contributed by atoms with Crippen molar-refractivity contribution in [2.24, 2.45) is 0 Å². The highest BCUT2D eigenvalue weighted by Gasteiger charge is 2.51. The van der Waals surface area contributed by atoms with Crippen LogP contribution in [-0.2, 0) is 16.6 Å². The van der Waals surface area contributed by atoms with E-state index in [-0.39, 0.29) is 11.3 Å². The molecular weight excluding hydrogens is 200 g/mol. The first-order chi connectivity index (χ1) is 7.73. The molecule has 2 rings (SSSR count). The lowest BCUT2D eigenvalue weighted by molar-refractivity contribution is -0.124. The van der Waals surface area contributed by atoms with Crippen LogP contribution in [0.3, 0.4) is 0 Å². The minimum Gasteiger partial charge on any atom is -0.291 e. The molecule has 3 heteroatoms. The van der Waals surface area contributed by atoms with Gasteiger partial charge in [-0.2, -0.15) is 0 Å². The van der Waals surface area contributed by atoms with Crippen molar-refractivity contribution in [3.05, 3.63) is 35.4 Å². The third kappa shape index (κ3) is 1.83. The van der Waals surface area contributed by atoms with Gasteiger partial charge in [-0.25, -0.2) is 5.43 Å². The predicted molar refractivity (Wildman–Crippen MR) is 63.9 cm³/mol. The molecule has 1 aromatic rings. The Hall–Kier alpha value is -1.35. The quantitative estimate of drug-likeness (QED) is 0.752. The van der Waals surface area contributed by atoms with E-state index in [4.69, 9.17) is 0 Å². The van der Waals surface area contributed by atoms with Crippen LogP contribution in [0.1, 0.15) is 30.9 Å². The van der Waals surface area contributed by atoms with Gasteiger partial charge in [-0.15, -0.1) is 0 Å². The zero-order valence-electron chi connectivity index (χ0n) is 9.84. The van der Waals surface area contributed by atoms with Crippen LogP contribution in [0.5, 0.6) is 0 Å². The van der Waals surface area contributed by atoms with Crippen molar-refractivity contribution < 1.29 is 4.79 Å². The maximum atomic E-state index is 11.9. The molecule has 0 aliphatic heterocycles. The van der Waals surface area contributed by atoms with E-state index in [1.54, 1.807) is 7.05 Å². The Balaban J connectivity index is 2.19. The van der Waals surface area contributed by atoms with Crippen LogP contribution in [0.15, 0.2) is 24.3 Å². The van der Waals surface area contributed by atoms with E-state index in [0.717, 1.165) is 24.8 Å². The van der Waals surface area contributed by atoms with E-state index >= 15 is 0 Å². The normalized spacial score (nSPS) is 16.9. The molecule has 1 saturated carbocycles. The van der Waals surface area contributed by atoms with Crippen molar-refractivity contribution in [3.63, 3.8) is 0 Å². The van der Waals surface area contributed by atoms with Crippen molar-refractivity contribution in [2.75, 3.05) is 7.05 Å². The average Bonchev–Trinajstić information content (AvgIpc) is 3.11. The monoisotopic (exact) mass is 218 g/mol. The summed E-state index contributed by atoms with van der Waals surface area (Å²) in [6.07, 6.45) is 2.94. The fourth-order valence-electron chi connectivity index (χ4n) is 2.06. The highest BCUT2D eigenvalue weighted by Crippen LogP contribution is 2.48. The smallest absolute Gasteiger partial charge is 0.244 e. The van der Waals surface area contributed by atoms with Crippen LogP contribution in [-0.4, -0.2) is 13.0 Å². The predicted octanol–water partition coefficient (Wildman–Crippen LogP) is 1.53. The maximum Gasteiger partial charge on any atom is 0.244 e. The lowest BCUT2D eigenvalue weighted by Gasteiger charge is -2.15. The number of hydrazine groups is 1. The van der Waals surface area contributed by atoms with Gasteiger partial charge in [0.25, 0.3) is 0 Å². The molecule has 16 heavy (non-hydrogen) atoms. The zero-order valence-corrected chi connectivity index (χ0v) is 9.84. The van der Waals surface area contributed by atoms with Crippen molar-refractivity contribution in [1.82, 2.24) is 10.9 Å². The van der Waals surface area contributed by atoms with Gasteiger partial charge in [0, 0.05) is 7.05 Å². The van der Waals surface area contributed by atoms with E-state index in [1.165, 1.54) is 5.56 Å². The van der Waals surface area contributed by atoms with E-state index in [0.29, 0.717) is 0 Å². The standard InChI is InChI=1S/C13H18N2O/c1-3-10-4-6-11(7-5-10)13(8-9-13)12(16)15-14-2/h4-7,14H,3,8-9H2,1-2H3,(H,15,16). The summed E-state index contributed by atoms with van der Waals surface area (Å²) in [5, 5.41) is 0. The number of aryl methyl sites for hydroxylation is 1. The minimum atomic E-state index is -0.269. The average molecular weight is 218 g/mol. The fourth-order valence-corrected chi connectivity index (χ4v) is 2.06. The van der Waals surface area contributed by atoms with E-state index in [9.17, 15) is 4.79 Å². The van der Waals surface area contributed by atoms with Gasteiger partial charge < -0.3 is 0 Å². The lowest BCUT2D eigenvalue weighted by atomic mass is 9.94. The molecule has 1 aromatic carbocycles. The second kappa shape index (κ2) is 4.26. The molecule has 0 spiro atoms. The zero-order chi connectivity index (χ0) is 11.6. The number of benzene rings is 1. The summed E-state index contributed by atoms with van der Waals surface area (Å²) in [4.78, 5) is 11.9. The van der Waals surface area contributed by atoms with Gasteiger partial charge in [0.2, 0.25) is 5.91 Å². The van der Waals surface area contributed by atoms with Crippen LogP contribution in [0.25, 0.3) is 0 Å². The number of hydrogen-bond acceptors (Lipinski definition) is 2. The van der Waals surface area contributed by atoms with Gasteiger partial charge in [-0.3, -0.25) is 10.2 Å². The third-order valence-corrected chi connectivity index (χ3v) is 3.34. The first-order valence-electron chi connectivity index (χ1n) is 5.79. The Bertz CT molecular complexity index is 379. The molecule has 0 radical (unpaired) electrons. The van der Waals surface area contributed by atoms with Gasteiger partial charge in [-0.1, -0.05) is 31.2 Å². The van der Waals surface area contributed by atoms with Gasteiger partial charge in [0.15, 0.2) is 0 Å². The molecule has 1 fully saturated rings. The Kier molecular flexibility index (Phi) is 2.97. The van der Waals surface area contributed by atoms with E-state index < -0.39 is 0 Å². The van der Waals surface area contributed by atoms with Crippen molar-refractivity contribution in [3.8, 4) is 0 Å². The number of nitrogens with one attached hydrogen (secondary N) is 2. The van der Waals surface area contributed by atoms with Crippen LogP contribution < -0.4 is 10.9 Å². The first-order valence-corrected chi connectivity index (χ1v) is 5.79. The summed E-state index contributed by atoms with van der Waals surface area (Å²) in [5.74, 6) is 0.0826. The molecular formula is C13H18N2O. The van der Waals surface area contributed by atoms with E-state index in [1.807, 2.05) is 0 Å². The summed E-state index contributed by atoms with van der Waals surface area (Å²) < 4.78 is 0. The molecule has 1 aliphatic carbocycles. The number of carbonyl (C=O) groups is 1. The van der Waals surface area contributed by atoms with Crippen molar-refractivity contribution in [2.45, 2.75) is 31.6 Å². The molecule has 0 saturated heterocycles. The largest absolute Gasteiger partial charge is 0.291 e. The number of amides is 1. The van der Waals surface area contributed by atoms with Gasteiger partial charge >= 0.3 is 0 Å². The number of hydrogen-bond donors (Lipinski definition) is 2. The maximum absolute atomic E-state index is 11.9. The second-order valence-corrected chi connectivity index (χ2v) is 4.34. The molecule has 1 amide bonds. The summed E-state index contributed by atoms with van der Waals surface area (Å²) in [7, 11) is 1.72. The molecule has 0 heterocycles. The number of rotatable bonds is 4. The van der Waals surface area contributed by atoms with Gasteiger partial charge in [0.05, 0.1) is 5.41 Å². The van der Waals surface area contributed by atoms with Gasteiger partial charge in [0.1, 0.15) is 0 Å². The fraction of sp³-hybridized carbons (Fsp3) is 0.462. The van der Waals surface area contributed by atoms with Crippen LogP contribution in [0.4, 0.5) is 0 Å². The second-order valence-electron chi connectivity index (χ2n) is 4.34. The Morgan fingerprint density at radius 2 is 1.94 bits per heavy atom. The highest BCUT2D eigenvalue weighted by atomic mass is 16.2. The SMILES string of the molecule is CCc1ccc(C2(C(=O)NNC)CC2)cc1. The molecule has 0 atom stereocenters. The summed E-state index contributed by atoms with van der Waals surface area (Å²) >= 11 is 0. The van der Waals surface area contributed by atoms with Crippen LogP contribution in [0, 0.1) is 0 Å². The van der Waals surface area contributed by atoms with E-state index in [2.05, 4.69) is 42.0 Å². The van der Waals surface area contributed by atoms with Crippen molar-refractivity contribution >= 4 is 5.91 Å². The molecule has 1 aliphatic rings. The Morgan fingerprint density at radius 3 is 2.38 bits per heavy atom. The molecule has 0 aromatic heterocycles. The summed E-state index contributed by atoms with van der Waals surface area (Å²) in [6, 6.07) is 8.40.